The van der Waals surface area contributed by atoms with E-state index in [-0.39, 0.29) is 11.1 Å². The molecule has 138 valence electrons. The van der Waals surface area contributed by atoms with Crippen molar-refractivity contribution in [3.05, 3.63) is 63.7 Å². The molecule has 5 nitrogen and oxygen atoms in total. The molecule has 0 amide bonds. The molecular weight excluding hydrogens is 381 g/mol. The second kappa shape index (κ2) is 6.02. The predicted octanol–water partition coefficient (Wildman–Crippen LogP) is 4.56. The largest absolute Gasteiger partial charge is 0.435 e. The molecule has 0 atom stereocenters. The molecule has 3 heterocycles. The molecule has 0 unspecified atom stereocenters. The minimum Gasteiger partial charge on any atom is -0.373 e. The van der Waals surface area contributed by atoms with Crippen LogP contribution in [0.5, 0.6) is 0 Å². The first-order valence-electron chi connectivity index (χ1n) is 7.88. The average molecular weight is 393 g/mol. The highest BCUT2D eigenvalue weighted by molar-refractivity contribution is 6.35. The van der Waals surface area contributed by atoms with Crippen molar-refractivity contribution in [2.24, 2.45) is 0 Å². The summed E-state index contributed by atoms with van der Waals surface area (Å²) in [6, 6.07) is 9.28. The van der Waals surface area contributed by atoms with Crippen molar-refractivity contribution in [2.75, 3.05) is 12.4 Å². The van der Waals surface area contributed by atoms with E-state index in [4.69, 9.17) is 11.6 Å². The van der Waals surface area contributed by atoms with Gasteiger partial charge >= 0.3 is 6.18 Å². The zero-order chi connectivity index (χ0) is 19.3. The molecule has 0 fully saturated rings. The lowest BCUT2D eigenvalue weighted by Crippen LogP contribution is -2.07. The molecular formula is C18H12ClF3N4O. The third-order valence-corrected chi connectivity index (χ3v) is 4.64. The third-order valence-electron chi connectivity index (χ3n) is 4.33. The molecule has 0 aliphatic rings. The Bertz CT molecular complexity index is 1240. The van der Waals surface area contributed by atoms with Crippen LogP contribution in [-0.4, -0.2) is 21.6 Å². The predicted molar refractivity (Wildman–Crippen MR) is 98.3 cm³/mol. The topological polar surface area (TPSA) is 62.2 Å². The Hall–Kier alpha value is -3.00. The van der Waals surface area contributed by atoms with Gasteiger partial charge in [-0.1, -0.05) is 17.7 Å². The summed E-state index contributed by atoms with van der Waals surface area (Å²) >= 11 is 6.17. The van der Waals surface area contributed by atoms with Crippen LogP contribution in [0, 0.1) is 0 Å². The molecule has 0 spiro atoms. The fourth-order valence-electron chi connectivity index (χ4n) is 3.04. The van der Waals surface area contributed by atoms with Crippen LogP contribution in [0.25, 0.3) is 27.4 Å². The quantitative estimate of drug-likeness (QED) is 0.526. The highest BCUT2D eigenvalue weighted by Crippen LogP contribution is 2.35. The van der Waals surface area contributed by atoms with Crippen LogP contribution < -0.4 is 10.9 Å². The molecule has 0 saturated carbocycles. The van der Waals surface area contributed by atoms with E-state index in [0.717, 1.165) is 6.07 Å². The lowest BCUT2D eigenvalue weighted by Gasteiger charge is -2.10. The molecule has 0 aliphatic heterocycles. The third kappa shape index (κ3) is 2.82. The molecule has 27 heavy (non-hydrogen) atoms. The summed E-state index contributed by atoms with van der Waals surface area (Å²) in [5.74, 6) is 0.416. The number of rotatable bonds is 2. The van der Waals surface area contributed by atoms with Gasteiger partial charge in [0.25, 0.3) is 5.56 Å². The van der Waals surface area contributed by atoms with E-state index in [1.165, 1.54) is 10.7 Å². The number of pyridine rings is 2. The summed E-state index contributed by atoms with van der Waals surface area (Å²) in [4.78, 5) is 14.5. The van der Waals surface area contributed by atoms with Crippen molar-refractivity contribution >= 4 is 33.7 Å². The number of fused-ring (bicyclic) bond motifs is 2. The van der Waals surface area contributed by atoms with Crippen LogP contribution in [0.3, 0.4) is 0 Å². The summed E-state index contributed by atoms with van der Waals surface area (Å²) in [6.45, 7) is 0. The fraction of sp³-hybridized carbons (Fsp3) is 0.111. The first-order valence-corrected chi connectivity index (χ1v) is 8.26. The number of halogens is 4. The van der Waals surface area contributed by atoms with Crippen LogP contribution in [0.1, 0.15) is 5.69 Å². The number of nitrogens with zero attached hydrogens (tertiary/aromatic N) is 2. The first kappa shape index (κ1) is 17.4. The molecule has 3 aromatic heterocycles. The smallest absolute Gasteiger partial charge is 0.373 e. The van der Waals surface area contributed by atoms with Crippen molar-refractivity contribution in [3.8, 4) is 11.1 Å². The van der Waals surface area contributed by atoms with E-state index in [9.17, 15) is 18.0 Å². The van der Waals surface area contributed by atoms with Gasteiger partial charge in [-0.2, -0.15) is 18.3 Å². The number of aromatic nitrogens is 3. The number of alkyl halides is 3. The molecule has 0 aliphatic carbocycles. The zero-order valence-corrected chi connectivity index (χ0v) is 14.6. The van der Waals surface area contributed by atoms with E-state index in [1.807, 2.05) is 0 Å². The summed E-state index contributed by atoms with van der Waals surface area (Å²) < 4.78 is 40.7. The van der Waals surface area contributed by atoms with Gasteiger partial charge in [0.2, 0.25) is 0 Å². The summed E-state index contributed by atoms with van der Waals surface area (Å²) in [7, 11) is 1.60. The van der Waals surface area contributed by atoms with Crippen LogP contribution in [0.2, 0.25) is 5.02 Å². The Morgan fingerprint density at radius 3 is 2.63 bits per heavy atom. The Kier molecular flexibility index (Phi) is 3.88. The van der Waals surface area contributed by atoms with Gasteiger partial charge < -0.3 is 10.3 Å². The summed E-state index contributed by atoms with van der Waals surface area (Å²) in [6.07, 6.45) is -3.18. The van der Waals surface area contributed by atoms with Gasteiger partial charge in [-0.25, -0.2) is 4.52 Å². The Balaban J connectivity index is 2.02. The number of aromatic amines is 1. The number of hydrogen-bond donors (Lipinski definition) is 2. The van der Waals surface area contributed by atoms with Crippen LogP contribution >= 0.6 is 11.6 Å². The number of benzene rings is 1. The zero-order valence-electron chi connectivity index (χ0n) is 13.9. The monoisotopic (exact) mass is 392 g/mol. The number of H-pyrrole nitrogens is 1. The maximum absolute atomic E-state index is 13.1. The Labute approximate surface area is 155 Å². The van der Waals surface area contributed by atoms with Gasteiger partial charge in [0.1, 0.15) is 5.82 Å². The van der Waals surface area contributed by atoms with Gasteiger partial charge in [0.15, 0.2) is 5.69 Å². The van der Waals surface area contributed by atoms with E-state index in [2.05, 4.69) is 15.4 Å². The maximum Gasteiger partial charge on any atom is 0.435 e. The van der Waals surface area contributed by atoms with E-state index >= 15 is 0 Å². The molecule has 0 saturated heterocycles. The van der Waals surface area contributed by atoms with Crippen molar-refractivity contribution in [3.63, 3.8) is 0 Å². The molecule has 0 radical (unpaired) electrons. The molecule has 4 rings (SSSR count). The maximum atomic E-state index is 13.1. The van der Waals surface area contributed by atoms with Crippen molar-refractivity contribution in [1.29, 1.82) is 0 Å². The van der Waals surface area contributed by atoms with Gasteiger partial charge in [-0.3, -0.25) is 4.79 Å². The SMILES string of the molecule is CNc1ccc(-c2ccc3c(=O)[nH]cc(Cl)c3c2)c2cc(C(F)(F)F)nn12. The molecule has 9 heteroatoms. The summed E-state index contributed by atoms with van der Waals surface area (Å²) in [5.41, 5.74) is 0.170. The van der Waals surface area contributed by atoms with Gasteiger partial charge in [-0.15, -0.1) is 0 Å². The minimum atomic E-state index is -4.56. The van der Waals surface area contributed by atoms with Gasteiger partial charge in [-0.05, 0) is 35.9 Å². The lowest BCUT2D eigenvalue weighted by molar-refractivity contribution is -0.141. The second-order valence-corrected chi connectivity index (χ2v) is 6.34. The second-order valence-electron chi connectivity index (χ2n) is 5.93. The van der Waals surface area contributed by atoms with E-state index < -0.39 is 11.9 Å². The van der Waals surface area contributed by atoms with Crippen LogP contribution in [0.15, 0.2) is 47.4 Å². The molecule has 2 N–H and O–H groups in total. The average Bonchev–Trinajstić information content (AvgIpc) is 3.09. The highest BCUT2D eigenvalue weighted by Gasteiger charge is 2.34. The van der Waals surface area contributed by atoms with Crippen molar-refractivity contribution in [1.82, 2.24) is 14.6 Å². The fourth-order valence-corrected chi connectivity index (χ4v) is 3.25. The van der Waals surface area contributed by atoms with Crippen LogP contribution in [-0.2, 0) is 6.18 Å². The van der Waals surface area contributed by atoms with Crippen LogP contribution in [0.4, 0.5) is 19.0 Å². The van der Waals surface area contributed by atoms with Crippen molar-refractivity contribution in [2.45, 2.75) is 6.18 Å². The molecule has 4 aromatic rings. The standard InChI is InChI=1S/C18H12ClF3N4O/c1-23-16-5-4-10(14-7-15(18(20,21)22)25-26(14)16)9-2-3-11-12(6-9)13(19)8-24-17(11)27/h2-8,23H,1H3,(H,24,27). The van der Waals surface area contributed by atoms with Gasteiger partial charge in [0.05, 0.1) is 10.5 Å². The Morgan fingerprint density at radius 2 is 1.93 bits per heavy atom. The normalized spacial score (nSPS) is 12.0. The minimum absolute atomic E-state index is 0.287. The lowest BCUT2D eigenvalue weighted by atomic mass is 10.0. The molecule has 0 bridgehead atoms. The summed E-state index contributed by atoms with van der Waals surface area (Å²) in [5, 5.41) is 7.77. The molecule has 1 aromatic carbocycles. The number of anilines is 1. The Morgan fingerprint density at radius 1 is 1.15 bits per heavy atom. The highest BCUT2D eigenvalue weighted by atomic mass is 35.5. The first-order chi connectivity index (χ1) is 12.8. The van der Waals surface area contributed by atoms with Gasteiger partial charge in [0, 0.05) is 29.6 Å². The van der Waals surface area contributed by atoms with Crippen molar-refractivity contribution < 1.29 is 13.2 Å². The number of hydrogen-bond acceptors (Lipinski definition) is 3. The number of nitrogens with one attached hydrogen (secondary N) is 2. The van der Waals surface area contributed by atoms with E-state index in [1.54, 1.807) is 37.4 Å². The van der Waals surface area contributed by atoms with E-state index in [0.29, 0.717) is 32.7 Å².